The lowest BCUT2D eigenvalue weighted by molar-refractivity contribution is -0.137. The molecule has 8 nitrogen and oxygen atoms in total. The molecule has 0 bridgehead atoms. The first-order chi connectivity index (χ1) is 17.3. The number of aliphatic hydroxyl groups excluding tert-OH is 1. The van der Waals surface area contributed by atoms with E-state index in [2.05, 4.69) is 29.3 Å². The fourth-order valence-electron chi connectivity index (χ4n) is 4.77. The maximum absolute atomic E-state index is 11.8. The molecule has 0 heterocycles. The van der Waals surface area contributed by atoms with Gasteiger partial charge in [0.1, 0.15) is 11.7 Å². The SMILES string of the molecule is C/C=C/C(=C\C(NC(N)=NC/C=C(\N=O)C(O)CCC(C)C1CCCCC1)C(=O)O)CCCCCC. The lowest BCUT2D eigenvalue weighted by Gasteiger charge is -2.28. The normalized spacial score (nSPS) is 18.7. The number of unbranched alkanes of at least 4 members (excludes halogenated alkanes) is 3. The third kappa shape index (κ3) is 13.0. The van der Waals surface area contributed by atoms with E-state index in [4.69, 9.17) is 5.73 Å². The topological polar surface area (TPSA) is 137 Å². The molecule has 204 valence electrons. The number of aliphatic hydroxyl groups is 1. The Hall–Kier alpha value is -2.48. The van der Waals surface area contributed by atoms with Crippen molar-refractivity contribution in [3.63, 3.8) is 0 Å². The van der Waals surface area contributed by atoms with Crippen LogP contribution in [-0.2, 0) is 4.79 Å². The van der Waals surface area contributed by atoms with Crippen molar-refractivity contribution in [2.45, 2.75) is 110 Å². The number of carbonyl (C=O) groups is 1. The molecule has 0 amide bonds. The molecule has 0 aromatic heterocycles. The van der Waals surface area contributed by atoms with Crippen molar-refractivity contribution >= 4 is 11.9 Å². The predicted octanol–water partition coefficient (Wildman–Crippen LogP) is 5.82. The van der Waals surface area contributed by atoms with Crippen LogP contribution in [-0.4, -0.2) is 40.8 Å². The first-order valence-corrected chi connectivity index (χ1v) is 13.7. The minimum atomic E-state index is -1.06. The van der Waals surface area contributed by atoms with E-state index in [1.165, 1.54) is 38.2 Å². The number of aliphatic carboxylic acids is 1. The van der Waals surface area contributed by atoms with E-state index < -0.39 is 18.1 Å². The summed E-state index contributed by atoms with van der Waals surface area (Å²) in [7, 11) is 0. The van der Waals surface area contributed by atoms with Gasteiger partial charge in [0.2, 0.25) is 0 Å². The molecular weight excluding hydrogens is 456 g/mol. The zero-order valence-corrected chi connectivity index (χ0v) is 22.5. The van der Waals surface area contributed by atoms with Crippen LogP contribution in [0.5, 0.6) is 0 Å². The number of guanidine groups is 1. The second-order valence-corrected chi connectivity index (χ2v) is 9.93. The van der Waals surface area contributed by atoms with Gasteiger partial charge in [0.15, 0.2) is 5.96 Å². The number of allylic oxidation sites excluding steroid dienone is 3. The highest BCUT2D eigenvalue weighted by atomic mass is 16.4. The van der Waals surface area contributed by atoms with Crippen LogP contribution < -0.4 is 11.1 Å². The van der Waals surface area contributed by atoms with Crippen molar-refractivity contribution in [2.75, 3.05) is 6.54 Å². The van der Waals surface area contributed by atoms with Crippen LogP contribution in [0.15, 0.2) is 45.7 Å². The zero-order chi connectivity index (χ0) is 26.8. The van der Waals surface area contributed by atoms with Gasteiger partial charge in [-0.1, -0.05) is 77.4 Å². The molecule has 36 heavy (non-hydrogen) atoms. The molecule has 1 aliphatic carbocycles. The van der Waals surface area contributed by atoms with Crippen molar-refractivity contribution in [2.24, 2.45) is 27.7 Å². The summed E-state index contributed by atoms with van der Waals surface area (Å²) in [4.78, 5) is 27.2. The van der Waals surface area contributed by atoms with E-state index >= 15 is 0 Å². The Balaban J connectivity index is 2.67. The van der Waals surface area contributed by atoms with Gasteiger partial charge >= 0.3 is 5.97 Å². The van der Waals surface area contributed by atoms with Crippen LogP contribution in [0.25, 0.3) is 0 Å². The van der Waals surface area contributed by atoms with E-state index in [9.17, 15) is 19.9 Å². The Kier molecular flexibility index (Phi) is 16.4. The van der Waals surface area contributed by atoms with Gasteiger partial charge in [-0.15, -0.1) is 4.91 Å². The molecule has 1 fully saturated rings. The summed E-state index contributed by atoms with van der Waals surface area (Å²) < 4.78 is 0. The zero-order valence-electron chi connectivity index (χ0n) is 22.5. The minimum absolute atomic E-state index is 0.0178. The highest BCUT2D eigenvalue weighted by Crippen LogP contribution is 2.32. The Morgan fingerprint density at radius 2 is 1.89 bits per heavy atom. The summed E-state index contributed by atoms with van der Waals surface area (Å²) in [5.74, 6) is 0.0909. The van der Waals surface area contributed by atoms with Gasteiger partial charge in [0.05, 0.1) is 12.6 Å². The lowest BCUT2D eigenvalue weighted by atomic mass is 9.78. The van der Waals surface area contributed by atoms with Crippen molar-refractivity contribution in [3.05, 3.63) is 40.5 Å². The van der Waals surface area contributed by atoms with E-state index in [0.717, 1.165) is 44.1 Å². The number of aliphatic imine (C=N–C) groups is 1. The number of hydrogen-bond acceptors (Lipinski definition) is 5. The van der Waals surface area contributed by atoms with Crippen LogP contribution in [0, 0.1) is 16.7 Å². The molecule has 0 spiro atoms. The summed E-state index contributed by atoms with van der Waals surface area (Å²) in [5.41, 5.74) is 6.89. The maximum Gasteiger partial charge on any atom is 0.330 e. The van der Waals surface area contributed by atoms with Crippen LogP contribution in [0.1, 0.15) is 97.8 Å². The highest BCUT2D eigenvalue weighted by molar-refractivity contribution is 5.86. The van der Waals surface area contributed by atoms with Crippen LogP contribution in [0.2, 0.25) is 0 Å². The minimum Gasteiger partial charge on any atom is -0.479 e. The van der Waals surface area contributed by atoms with Gasteiger partial charge in [-0.3, -0.25) is 0 Å². The summed E-state index contributed by atoms with van der Waals surface area (Å²) in [6.07, 6.45) is 18.8. The van der Waals surface area contributed by atoms with Crippen molar-refractivity contribution < 1.29 is 15.0 Å². The molecule has 0 aromatic carbocycles. The molecule has 0 radical (unpaired) electrons. The van der Waals surface area contributed by atoms with Crippen LogP contribution in [0.4, 0.5) is 0 Å². The van der Waals surface area contributed by atoms with Crippen molar-refractivity contribution in [1.29, 1.82) is 0 Å². The molecule has 1 saturated carbocycles. The van der Waals surface area contributed by atoms with Gasteiger partial charge in [-0.25, -0.2) is 9.79 Å². The molecule has 5 N–H and O–H groups in total. The number of carboxylic acids is 1. The predicted molar refractivity (Wildman–Crippen MR) is 148 cm³/mol. The third-order valence-electron chi connectivity index (χ3n) is 7.01. The molecule has 3 atom stereocenters. The summed E-state index contributed by atoms with van der Waals surface area (Å²) in [6.45, 7) is 6.29. The number of nitroso groups, excluding NO2 is 1. The second-order valence-electron chi connectivity index (χ2n) is 9.93. The van der Waals surface area contributed by atoms with Gasteiger partial charge in [-0.05, 0) is 67.3 Å². The molecule has 0 aliphatic heterocycles. The smallest absolute Gasteiger partial charge is 0.330 e. The number of hydrogen-bond donors (Lipinski definition) is 4. The van der Waals surface area contributed by atoms with E-state index in [-0.39, 0.29) is 18.2 Å². The summed E-state index contributed by atoms with van der Waals surface area (Å²) in [6, 6.07) is -1.02. The van der Waals surface area contributed by atoms with E-state index in [1.54, 1.807) is 6.08 Å². The Bertz CT molecular complexity index is 770. The summed E-state index contributed by atoms with van der Waals surface area (Å²) in [5, 5.41) is 25.8. The number of rotatable bonds is 17. The van der Waals surface area contributed by atoms with Gasteiger partial charge < -0.3 is 21.3 Å². The third-order valence-corrected chi connectivity index (χ3v) is 7.01. The van der Waals surface area contributed by atoms with Gasteiger partial charge in [-0.2, -0.15) is 0 Å². The molecule has 0 saturated heterocycles. The Labute approximate surface area is 217 Å². The number of nitrogens with one attached hydrogen (secondary N) is 1. The standard InChI is InChI=1S/C28H48N4O4/c1-4-6-7-9-13-22(12-5-2)20-25(27(34)35)31-28(29)30-19-18-24(32-36)26(33)17-16-21(3)23-14-10-8-11-15-23/h5,12,18,20-21,23,25-26,33H,4,6-11,13-17,19H2,1-3H3,(H,34,35)(H3,29,30,31)/b12-5+,22-20+,24-18-. The van der Waals surface area contributed by atoms with Crippen LogP contribution >= 0.6 is 0 Å². The van der Waals surface area contributed by atoms with Gasteiger partial charge in [0.25, 0.3) is 0 Å². The largest absolute Gasteiger partial charge is 0.479 e. The average molecular weight is 505 g/mol. The molecule has 0 aromatic rings. The molecular formula is C28H48N4O4. The first-order valence-electron chi connectivity index (χ1n) is 13.7. The van der Waals surface area contributed by atoms with Gasteiger partial charge in [0, 0.05) is 0 Å². The average Bonchev–Trinajstić information content (AvgIpc) is 2.87. The van der Waals surface area contributed by atoms with E-state index in [1.807, 2.05) is 19.1 Å². The lowest BCUT2D eigenvalue weighted by Crippen LogP contribution is -2.43. The number of nitrogens with two attached hydrogens (primary N) is 1. The Morgan fingerprint density at radius 1 is 1.17 bits per heavy atom. The van der Waals surface area contributed by atoms with Crippen molar-refractivity contribution in [3.8, 4) is 0 Å². The summed E-state index contributed by atoms with van der Waals surface area (Å²) >= 11 is 0. The first kappa shape index (κ1) is 31.5. The molecule has 3 unspecified atom stereocenters. The van der Waals surface area contributed by atoms with E-state index in [0.29, 0.717) is 18.3 Å². The Morgan fingerprint density at radius 3 is 2.50 bits per heavy atom. The molecule has 8 heteroatoms. The maximum atomic E-state index is 11.8. The monoisotopic (exact) mass is 504 g/mol. The van der Waals surface area contributed by atoms with Crippen molar-refractivity contribution in [1.82, 2.24) is 5.32 Å². The fraction of sp³-hybridized carbons (Fsp3) is 0.714. The fourth-order valence-corrected chi connectivity index (χ4v) is 4.77. The van der Waals surface area contributed by atoms with Crippen LogP contribution in [0.3, 0.4) is 0 Å². The molecule has 1 aliphatic rings. The number of carboxylic acid groups (broad SMARTS) is 1. The quantitative estimate of drug-likeness (QED) is 0.0647. The second kappa shape index (κ2) is 18.7. The number of nitrogens with zero attached hydrogens (tertiary/aromatic N) is 2. The molecule has 1 rings (SSSR count). The highest BCUT2D eigenvalue weighted by Gasteiger charge is 2.22.